The van der Waals surface area contributed by atoms with Crippen LogP contribution >= 0.6 is 11.8 Å². The summed E-state index contributed by atoms with van der Waals surface area (Å²) >= 11 is 1.68. The minimum atomic E-state index is -4.53. The molecule has 0 spiro atoms. The lowest BCUT2D eigenvalue weighted by Crippen LogP contribution is -2.43. The van der Waals surface area contributed by atoms with Crippen molar-refractivity contribution in [2.75, 3.05) is 31.6 Å². The van der Waals surface area contributed by atoms with Gasteiger partial charge in [-0.05, 0) is 49.9 Å². The second-order valence-corrected chi connectivity index (χ2v) is 8.30. The van der Waals surface area contributed by atoms with E-state index in [-0.39, 0.29) is 18.2 Å². The maximum atomic E-state index is 13.2. The lowest BCUT2D eigenvalue weighted by atomic mass is 10.0. The van der Waals surface area contributed by atoms with Gasteiger partial charge in [-0.25, -0.2) is 14.0 Å². The fraction of sp³-hybridized carbons (Fsp3) is 0.600. The van der Waals surface area contributed by atoms with E-state index in [2.05, 4.69) is 10.2 Å². The first-order chi connectivity index (χ1) is 15.4. The molecule has 1 aromatic rings. The van der Waals surface area contributed by atoms with Crippen LogP contribution in [0.15, 0.2) is 18.2 Å². The highest BCUT2D eigenvalue weighted by atomic mass is 32.2. The largest absolute Gasteiger partial charge is 0.479 e. The smallest absolute Gasteiger partial charge is 0.416 e. The van der Waals surface area contributed by atoms with E-state index in [0.717, 1.165) is 44.3 Å². The Morgan fingerprint density at radius 1 is 1.15 bits per heavy atom. The third-order valence-corrected chi connectivity index (χ3v) is 5.55. The average Bonchev–Trinajstić information content (AvgIpc) is 2.76. The first kappa shape index (κ1) is 29.1. The van der Waals surface area contributed by atoms with Gasteiger partial charge in [0.25, 0.3) is 0 Å². The molecule has 33 heavy (non-hydrogen) atoms. The number of rotatable bonds is 9. The molecule has 0 amide bonds. The SMILES string of the molecule is CSCCN(Cc1ccc(F)cc1C(F)(F)F)C1CCNCC1.O=C(O)[C@H](O)[C@@H](O)C(=O)O. The molecule has 0 unspecified atom stereocenters. The number of piperidine rings is 1. The van der Waals surface area contributed by atoms with Crippen molar-refractivity contribution >= 4 is 23.7 Å². The molecule has 0 saturated carbocycles. The van der Waals surface area contributed by atoms with Crippen LogP contribution in [0.5, 0.6) is 0 Å². The quantitative estimate of drug-likeness (QED) is 0.321. The standard InChI is InChI=1S/C16H22F4N2S.C4H6O6/c1-23-9-8-22(14-4-6-21-7-5-14)11-12-2-3-13(17)10-15(12)16(18,19)20;5-1(3(7)8)2(6)4(9)10/h2-3,10,14,21H,4-9,11H2,1H3;1-2,5-6H,(H,7,8)(H,9,10)/t;1-,2-/m.1/s1. The summed E-state index contributed by atoms with van der Waals surface area (Å²) in [6.45, 7) is 2.72. The van der Waals surface area contributed by atoms with E-state index >= 15 is 0 Å². The summed E-state index contributed by atoms with van der Waals surface area (Å²) in [5.41, 5.74) is -0.709. The highest BCUT2D eigenvalue weighted by Crippen LogP contribution is 2.33. The Bertz CT molecular complexity index is 759. The van der Waals surface area contributed by atoms with Gasteiger partial charge in [0.05, 0.1) is 5.56 Å². The van der Waals surface area contributed by atoms with Crippen molar-refractivity contribution in [1.82, 2.24) is 10.2 Å². The number of carboxylic acids is 2. The number of alkyl halides is 3. The highest BCUT2D eigenvalue weighted by molar-refractivity contribution is 7.98. The molecule has 1 aliphatic rings. The summed E-state index contributed by atoms with van der Waals surface area (Å²) < 4.78 is 52.8. The number of carboxylic acid groups (broad SMARTS) is 2. The van der Waals surface area contributed by atoms with Crippen molar-refractivity contribution in [3.8, 4) is 0 Å². The van der Waals surface area contributed by atoms with Crippen LogP contribution in [0.3, 0.4) is 0 Å². The van der Waals surface area contributed by atoms with E-state index in [0.29, 0.717) is 6.07 Å². The van der Waals surface area contributed by atoms with E-state index in [1.54, 1.807) is 11.8 Å². The molecule has 0 aliphatic carbocycles. The molecular weight excluding hydrogens is 472 g/mol. The van der Waals surface area contributed by atoms with Gasteiger partial charge in [-0.2, -0.15) is 24.9 Å². The number of nitrogens with zero attached hydrogens (tertiary/aromatic N) is 1. The zero-order valence-electron chi connectivity index (χ0n) is 17.9. The molecule has 1 aliphatic heterocycles. The molecule has 2 rings (SSSR count). The van der Waals surface area contributed by atoms with Crippen LogP contribution in [0.25, 0.3) is 0 Å². The highest BCUT2D eigenvalue weighted by Gasteiger charge is 2.34. The summed E-state index contributed by atoms with van der Waals surface area (Å²) in [6, 6.07) is 3.25. The van der Waals surface area contributed by atoms with Crippen molar-refractivity contribution in [2.24, 2.45) is 0 Å². The fourth-order valence-electron chi connectivity index (χ4n) is 3.21. The number of hydrogen-bond acceptors (Lipinski definition) is 7. The fourth-order valence-corrected chi connectivity index (χ4v) is 3.63. The van der Waals surface area contributed by atoms with E-state index in [1.165, 1.54) is 6.07 Å². The molecule has 1 heterocycles. The summed E-state index contributed by atoms with van der Waals surface area (Å²) in [6.07, 6.45) is -5.22. The Kier molecular flexibility index (Phi) is 12.1. The third-order valence-electron chi connectivity index (χ3n) is 4.96. The van der Waals surface area contributed by atoms with Crippen LogP contribution in [0.1, 0.15) is 24.0 Å². The minimum absolute atomic E-state index is 0.151. The molecule has 5 N–H and O–H groups in total. The molecule has 8 nitrogen and oxygen atoms in total. The van der Waals surface area contributed by atoms with Gasteiger partial charge >= 0.3 is 18.1 Å². The first-order valence-electron chi connectivity index (χ1n) is 9.99. The van der Waals surface area contributed by atoms with Crippen molar-refractivity contribution in [2.45, 2.75) is 43.8 Å². The van der Waals surface area contributed by atoms with E-state index < -0.39 is 41.7 Å². The summed E-state index contributed by atoms with van der Waals surface area (Å²) in [5, 5.41) is 35.8. The van der Waals surface area contributed by atoms with E-state index in [9.17, 15) is 27.2 Å². The third kappa shape index (κ3) is 9.84. The second kappa shape index (κ2) is 13.7. The Morgan fingerprint density at radius 2 is 1.70 bits per heavy atom. The predicted octanol–water partition coefficient (Wildman–Crippen LogP) is 1.64. The topological polar surface area (TPSA) is 130 Å². The Balaban J connectivity index is 0.000000461. The van der Waals surface area contributed by atoms with Crippen molar-refractivity contribution in [3.05, 3.63) is 35.1 Å². The van der Waals surface area contributed by atoms with E-state index in [1.807, 2.05) is 6.26 Å². The van der Waals surface area contributed by atoms with Crippen LogP contribution in [0.2, 0.25) is 0 Å². The number of benzene rings is 1. The molecular formula is C20H28F4N2O6S. The van der Waals surface area contributed by atoms with Crippen LogP contribution in [0.4, 0.5) is 17.6 Å². The number of halogens is 4. The van der Waals surface area contributed by atoms with Gasteiger partial charge in [0.2, 0.25) is 0 Å². The lowest BCUT2D eigenvalue weighted by molar-refractivity contribution is -0.165. The molecule has 1 aromatic carbocycles. The molecule has 2 atom stereocenters. The monoisotopic (exact) mass is 500 g/mol. The molecule has 0 bridgehead atoms. The van der Waals surface area contributed by atoms with Gasteiger partial charge in [0.1, 0.15) is 5.82 Å². The number of aliphatic carboxylic acids is 2. The summed E-state index contributed by atoms with van der Waals surface area (Å²) in [4.78, 5) is 21.7. The Morgan fingerprint density at radius 3 is 2.15 bits per heavy atom. The molecule has 0 aromatic heterocycles. The van der Waals surface area contributed by atoms with E-state index in [4.69, 9.17) is 20.4 Å². The van der Waals surface area contributed by atoms with Gasteiger partial charge in [0.15, 0.2) is 12.2 Å². The van der Waals surface area contributed by atoms with Gasteiger partial charge < -0.3 is 25.7 Å². The number of hydrogen-bond donors (Lipinski definition) is 5. The number of aliphatic hydroxyl groups excluding tert-OH is 2. The van der Waals surface area contributed by atoms with Gasteiger partial charge in [-0.15, -0.1) is 0 Å². The molecule has 1 fully saturated rings. The summed E-state index contributed by atoms with van der Waals surface area (Å²) in [5.74, 6) is -3.52. The average molecular weight is 501 g/mol. The lowest BCUT2D eigenvalue weighted by Gasteiger charge is -2.35. The van der Waals surface area contributed by atoms with Crippen LogP contribution in [-0.2, 0) is 22.3 Å². The maximum Gasteiger partial charge on any atom is 0.416 e. The molecule has 0 radical (unpaired) electrons. The zero-order chi connectivity index (χ0) is 25.2. The molecule has 13 heteroatoms. The zero-order valence-corrected chi connectivity index (χ0v) is 18.7. The van der Waals surface area contributed by atoms with Gasteiger partial charge in [0, 0.05) is 24.9 Å². The van der Waals surface area contributed by atoms with Crippen LogP contribution in [-0.4, -0.2) is 87.2 Å². The molecule has 188 valence electrons. The first-order valence-corrected chi connectivity index (χ1v) is 11.4. The second-order valence-electron chi connectivity index (χ2n) is 7.31. The predicted molar refractivity (Wildman–Crippen MR) is 113 cm³/mol. The van der Waals surface area contributed by atoms with Crippen LogP contribution in [0, 0.1) is 5.82 Å². The van der Waals surface area contributed by atoms with Gasteiger partial charge in [-0.1, -0.05) is 6.07 Å². The minimum Gasteiger partial charge on any atom is -0.479 e. The maximum absolute atomic E-state index is 13.2. The van der Waals surface area contributed by atoms with Crippen molar-refractivity contribution in [1.29, 1.82) is 0 Å². The Labute approximate surface area is 192 Å². The number of carbonyl (C=O) groups is 2. The van der Waals surface area contributed by atoms with Crippen LogP contribution < -0.4 is 5.32 Å². The number of aliphatic hydroxyl groups is 2. The van der Waals surface area contributed by atoms with Crippen molar-refractivity contribution < 1.29 is 47.6 Å². The Hall–Kier alpha value is -1.93. The molecule has 1 saturated heterocycles. The summed E-state index contributed by atoms with van der Waals surface area (Å²) in [7, 11) is 0. The number of thioether (sulfide) groups is 1. The van der Waals surface area contributed by atoms with Crippen molar-refractivity contribution in [3.63, 3.8) is 0 Å². The normalized spacial score (nSPS) is 16.6. The number of nitrogens with one attached hydrogen (secondary N) is 1. The van der Waals surface area contributed by atoms with Gasteiger partial charge in [-0.3, -0.25) is 4.90 Å².